The predicted octanol–water partition coefficient (Wildman–Crippen LogP) is 6.46. The van der Waals surface area contributed by atoms with Crippen LogP contribution in [0, 0.1) is 0 Å². The highest BCUT2D eigenvalue weighted by molar-refractivity contribution is 6.04. The molecule has 0 aliphatic heterocycles. The first-order valence-electron chi connectivity index (χ1n) is 12.9. The molecule has 0 saturated carbocycles. The molecule has 0 spiro atoms. The number of nitrogens with zero attached hydrogens (tertiary/aromatic N) is 3. The van der Waals surface area contributed by atoms with Gasteiger partial charge in [-0.1, -0.05) is 60.7 Å². The van der Waals surface area contributed by atoms with Gasteiger partial charge in [0.25, 0.3) is 5.56 Å². The van der Waals surface area contributed by atoms with Crippen molar-refractivity contribution < 1.29 is 9.90 Å². The van der Waals surface area contributed by atoms with Crippen LogP contribution >= 0.6 is 0 Å². The summed E-state index contributed by atoms with van der Waals surface area (Å²) in [5, 5.41) is 11.6. The Morgan fingerprint density at radius 3 is 1.87 bits per heavy atom. The van der Waals surface area contributed by atoms with Crippen molar-refractivity contribution in [2.45, 2.75) is 12.5 Å². The van der Waals surface area contributed by atoms with Gasteiger partial charge >= 0.3 is 0 Å². The fraction of sp³-hybridized carbons (Fsp3) is 0.152. The number of carbonyl (C=O) groups is 1. The van der Waals surface area contributed by atoms with Crippen LogP contribution in [0.2, 0.25) is 0 Å². The Labute approximate surface area is 228 Å². The lowest BCUT2D eigenvalue weighted by atomic mass is 9.94. The van der Waals surface area contributed by atoms with Crippen LogP contribution in [0.3, 0.4) is 0 Å². The van der Waals surface area contributed by atoms with Crippen LogP contribution in [0.4, 0.5) is 17.1 Å². The van der Waals surface area contributed by atoms with Crippen LogP contribution in [-0.2, 0) is 7.05 Å². The molecule has 0 bridgehead atoms. The minimum absolute atomic E-state index is 0.0216. The van der Waals surface area contributed by atoms with Crippen LogP contribution in [0.25, 0.3) is 10.9 Å². The van der Waals surface area contributed by atoms with E-state index in [-0.39, 0.29) is 17.7 Å². The third-order valence-corrected chi connectivity index (χ3v) is 7.11. The monoisotopic (exact) mass is 517 g/mol. The van der Waals surface area contributed by atoms with Gasteiger partial charge in [-0.25, -0.2) is 0 Å². The van der Waals surface area contributed by atoms with Gasteiger partial charge in [-0.2, -0.15) is 0 Å². The summed E-state index contributed by atoms with van der Waals surface area (Å²) in [5.41, 5.74) is 3.65. The Morgan fingerprint density at radius 1 is 0.769 bits per heavy atom. The van der Waals surface area contributed by atoms with Crippen molar-refractivity contribution in [3.63, 3.8) is 0 Å². The van der Waals surface area contributed by atoms with E-state index in [0.29, 0.717) is 10.9 Å². The molecule has 0 unspecified atom stereocenters. The van der Waals surface area contributed by atoms with Gasteiger partial charge in [0.2, 0.25) is 0 Å². The number of fused-ring (bicyclic) bond motifs is 1. The number of Topliss-reactive ketones (excluding diaryl/α,β-unsaturated/α-hetero) is 1. The normalized spacial score (nSPS) is 11.8. The van der Waals surface area contributed by atoms with Gasteiger partial charge in [-0.3, -0.25) is 9.59 Å². The molecular formula is C33H31N3O3. The maximum absolute atomic E-state index is 14.0. The molecule has 196 valence electrons. The van der Waals surface area contributed by atoms with Gasteiger partial charge in [0.05, 0.1) is 11.6 Å². The summed E-state index contributed by atoms with van der Waals surface area (Å²) in [5.74, 6) is -0.691. The number of hydrogen-bond donors (Lipinski definition) is 1. The number of benzene rings is 4. The quantitative estimate of drug-likeness (QED) is 0.239. The van der Waals surface area contributed by atoms with Crippen molar-refractivity contribution in [2.24, 2.45) is 7.05 Å². The highest BCUT2D eigenvalue weighted by Gasteiger charge is 2.29. The number of aryl methyl sites for hydroxylation is 1. The summed E-state index contributed by atoms with van der Waals surface area (Å²) in [4.78, 5) is 31.5. The van der Waals surface area contributed by atoms with Gasteiger partial charge in [-0.05, 0) is 54.1 Å². The van der Waals surface area contributed by atoms with Crippen LogP contribution in [0.1, 0.15) is 28.4 Å². The summed E-state index contributed by atoms with van der Waals surface area (Å²) < 4.78 is 1.43. The van der Waals surface area contributed by atoms with E-state index in [1.807, 2.05) is 104 Å². The highest BCUT2D eigenvalue weighted by atomic mass is 16.3. The Morgan fingerprint density at radius 2 is 1.31 bits per heavy atom. The van der Waals surface area contributed by atoms with E-state index < -0.39 is 17.4 Å². The van der Waals surface area contributed by atoms with E-state index in [1.54, 1.807) is 31.3 Å². The average Bonchev–Trinajstić information content (AvgIpc) is 2.97. The minimum atomic E-state index is -0.510. The molecular weight excluding hydrogens is 486 g/mol. The van der Waals surface area contributed by atoms with Crippen molar-refractivity contribution in [3.8, 4) is 5.75 Å². The van der Waals surface area contributed by atoms with E-state index >= 15 is 0 Å². The number of aromatic hydroxyl groups is 1. The van der Waals surface area contributed by atoms with Crippen molar-refractivity contribution in [1.29, 1.82) is 0 Å². The van der Waals surface area contributed by atoms with Crippen molar-refractivity contribution in [1.82, 2.24) is 4.57 Å². The van der Waals surface area contributed by atoms with E-state index in [2.05, 4.69) is 4.90 Å². The maximum Gasteiger partial charge on any atom is 0.265 e. The molecule has 0 radical (unpaired) electrons. The first-order valence-corrected chi connectivity index (χ1v) is 12.9. The Hall–Kier alpha value is -4.84. The maximum atomic E-state index is 14.0. The van der Waals surface area contributed by atoms with Crippen LogP contribution in [0.5, 0.6) is 5.75 Å². The summed E-state index contributed by atoms with van der Waals surface area (Å²) >= 11 is 0. The largest absolute Gasteiger partial charge is 0.506 e. The zero-order chi connectivity index (χ0) is 27.5. The SMILES string of the molecule is CN(C)c1ccc([C@@H](CC(=O)c2c(O)c3ccccc3n(C)c2=O)N(c2ccccc2)c2ccccc2)cc1. The summed E-state index contributed by atoms with van der Waals surface area (Å²) in [6.07, 6.45) is -0.0216. The first kappa shape index (κ1) is 25.8. The molecule has 1 heterocycles. The molecule has 0 saturated heterocycles. The Kier molecular flexibility index (Phi) is 7.19. The standard InChI is InChI=1S/C33H31N3O3/c1-34(2)24-20-18-23(19-21-24)29(36(25-12-6-4-7-13-25)26-14-8-5-9-15-26)22-30(37)31-32(38)27-16-10-11-17-28(27)35(3)33(31)39/h4-21,29,38H,22H2,1-3H3/t29-/m1/s1. The van der Waals surface area contributed by atoms with E-state index in [1.165, 1.54) is 4.57 Å². The molecule has 4 aromatic carbocycles. The molecule has 1 N–H and O–H groups in total. The van der Waals surface area contributed by atoms with Crippen LogP contribution in [-0.4, -0.2) is 29.6 Å². The molecule has 6 heteroatoms. The number of para-hydroxylation sites is 3. The van der Waals surface area contributed by atoms with Crippen molar-refractivity contribution in [2.75, 3.05) is 23.9 Å². The third kappa shape index (κ3) is 5.01. The van der Waals surface area contributed by atoms with Crippen LogP contribution in [0.15, 0.2) is 114 Å². The van der Waals surface area contributed by atoms with Gasteiger partial charge in [0.1, 0.15) is 11.3 Å². The van der Waals surface area contributed by atoms with Crippen LogP contribution < -0.4 is 15.4 Å². The molecule has 1 aromatic heterocycles. The number of pyridine rings is 1. The van der Waals surface area contributed by atoms with E-state index in [9.17, 15) is 14.7 Å². The molecule has 5 rings (SSSR count). The van der Waals surface area contributed by atoms with Gasteiger partial charge in [0.15, 0.2) is 5.78 Å². The van der Waals surface area contributed by atoms with Gasteiger partial charge in [-0.15, -0.1) is 0 Å². The highest BCUT2D eigenvalue weighted by Crippen LogP contribution is 2.39. The first-order chi connectivity index (χ1) is 18.9. The summed E-state index contributed by atoms with van der Waals surface area (Å²) in [7, 11) is 5.58. The number of hydrogen-bond acceptors (Lipinski definition) is 5. The number of aromatic nitrogens is 1. The molecule has 0 aliphatic rings. The minimum Gasteiger partial charge on any atom is -0.506 e. The molecule has 0 amide bonds. The van der Waals surface area contributed by atoms with Gasteiger partial charge in [0, 0.05) is 50.0 Å². The van der Waals surface area contributed by atoms with Gasteiger partial charge < -0.3 is 19.5 Å². The average molecular weight is 518 g/mol. The lowest BCUT2D eigenvalue weighted by Crippen LogP contribution is -2.30. The molecule has 39 heavy (non-hydrogen) atoms. The summed E-state index contributed by atoms with van der Waals surface area (Å²) in [6, 6.07) is 34.5. The second-order valence-corrected chi connectivity index (χ2v) is 9.78. The Balaban J connectivity index is 1.67. The fourth-order valence-electron chi connectivity index (χ4n) is 5.05. The fourth-order valence-corrected chi connectivity index (χ4v) is 5.05. The second-order valence-electron chi connectivity index (χ2n) is 9.78. The predicted molar refractivity (Wildman–Crippen MR) is 158 cm³/mol. The molecule has 0 fully saturated rings. The molecule has 5 aromatic rings. The topological polar surface area (TPSA) is 65.8 Å². The number of rotatable bonds is 8. The van der Waals surface area contributed by atoms with Crippen molar-refractivity contribution in [3.05, 3.63) is 131 Å². The molecule has 6 nitrogen and oxygen atoms in total. The smallest absolute Gasteiger partial charge is 0.265 e. The number of carbonyl (C=O) groups excluding carboxylic acids is 1. The lowest BCUT2D eigenvalue weighted by molar-refractivity contribution is 0.0969. The molecule has 1 atom stereocenters. The lowest BCUT2D eigenvalue weighted by Gasteiger charge is -2.34. The summed E-state index contributed by atoms with van der Waals surface area (Å²) in [6.45, 7) is 0. The Bertz CT molecular complexity index is 1620. The third-order valence-electron chi connectivity index (χ3n) is 7.11. The zero-order valence-electron chi connectivity index (χ0n) is 22.3. The number of ketones is 1. The number of anilines is 3. The zero-order valence-corrected chi connectivity index (χ0v) is 22.3. The second kappa shape index (κ2) is 10.9. The van der Waals surface area contributed by atoms with E-state index in [4.69, 9.17) is 0 Å². The van der Waals surface area contributed by atoms with Crippen molar-refractivity contribution >= 4 is 33.7 Å². The molecule has 0 aliphatic carbocycles. The van der Waals surface area contributed by atoms with E-state index in [0.717, 1.165) is 22.6 Å².